The van der Waals surface area contributed by atoms with Crippen LogP contribution in [0.15, 0.2) is 28.8 Å². The van der Waals surface area contributed by atoms with Crippen molar-refractivity contribution >= 4 is 11.9 Å². The number of aromatic nitrogens is 1. The lowest BCUT2D eigenvalue weighted by Gasteiger charge is -2.26. The molecule has 2 heterocycles. The smallest absolute Gasteiger partial charge is 0.345 e. The fourth-order valence-corrected chi connectivity index (χ4v) is 2.38. The van der Waals surface area contributed by atoms with Crippen molar-refractivity contribution in [2.45, 2.75) is 0 Å². The van der Waals surface area contributed by atoms with Gasteiger partial charge in [0, 0.05) is 18.7 Å². The molecule has 1 aliphatic rings. The third-order valence-electron chi connectivity index (χ3n) is 3.46. The number of nitrogens with zero attached hydrogens (tertiary/aromatic N) is 2. The summed E-state index contributed by atoms with van der Waals surface area (Å²) in [6, 6.07) is 5.84. The van der Waals surface area contributed by atoms with Crippen LogP contribution in [0.2, 0.25) is 0 Å². The molecular weight excluding hydrogens is 291 g/mol. The Morgan fingerprint density at radius 3 is 2.82 bits per heavy atom. The maximum absolute atomic E-state index is 13.4. The number of ether oxygens (including phenoxy) is 2. The second-order valence-corrected chi connectivity index (χ2v) is 4.81. The first-order chi connectivity index (χ1) is 10.7. The van der Waals surface area contributed by atoms with Crippen molar-refractivity contribution in [2.24, 2.45) is 0 Å². The average Bonchev–Trinajstić information content (AvgIpc) is 3.00. The van der Waals surface area contributed by atoms with Crippen molar-refractivity contribution in [3.05, 3.63) is 35.6 Å². The summed E-state index contributed by atoms with van der Waals surface area (Å²) < 4.78 is 28.9. The van der Waals surface area contributed by atoms with Crippen LogP contribution < -0.4 is 4.90 Å². The van der Waals surface area contributed by atoms with E-state index in [1.807, 2.05) is 4.90 Å². The van der Waals surface area contributed by atoms with Gasteiger partial charge in [0.15, 0.2) is 5.56 Å². The van der Waals surface area contributed by atoms with Gasteiger partial charge in [-0.1, -0.05) is 17.3 Å². The Morgan fingerprint density at radius 2 is 2.14 bits per heavy atom. The molecule has 1 fully saturated rings. The second-order valence-electron chi connectivity index (χ2n) is 4.81. The van der Waals surface area contributed by atoms with E-state index in [-0.39, 0.29) is 11.3 Å². The summed E-state index contributed by atoms with van der Waals surface area (Å²) in [6.45, 7) is 2.25. The molecule has 0 saturated carbocycles. The van der Waals surface area contributed by atoms with Gasteiger partial charge in [-0.2, -0.15) is 0 Å². The van der Waals surface area contributed by atoms with Crippen LogP contribution in [0.3, 0.4) is 0 Å². The van der Waals surface area contributed by atoms with E-state index in [2.05, 4.69) is 5.16 Å². The molecule has 1 aromatic carbocycles. The van der Waals surface area contributed by atoms with Gasteiger partial charge in [-0.3, -0.25) is 0 Å². The molecule has 0 atom stereocenters. The summed E-state index contributed by atoms with van der Waals surface area (Å²) in [7, 11) is 1.29. The largest absolute Gasteiger partial charge is 0.465 e. The summed E-state index contributed by atoms with van der Waals surface area (Å²) in [5, 5.41) is 3.95. The number of benzene rings is 1. The molecule has 1 saturated heterocycles. The van der Waals surface area contributed by atoms with E-state index in [1.54, 1.807) is 12.1 Å². The highest BCUT2D eigenvalue weighted by Crippen LogP contribution is 2.32. The van der Waals surface area contributed by atoms with Gasteiger partial charge >= 0.3 is 5.97 Å². The molecule has 116 valence electrons. The molecule has 0 amide bonds. The predicted octanol–water partition coefficient (Wildman–Crippen LogP) is 2.10. The number of morpholine rings is 1. The Kier molecular flexibility index (Phi) is 4.06. The number of hydrogen-bond donors (Lipinski definition) is 0. The fourth-order valence-electron chi connectivity index (χ4n) is 2.38. The molecule has 0 bridgehead atoms. The number of hydrogen-bond acceptors (Lipinski definition) is 6. The summed E-state index contributed by atoms with van der Waals surface area (Å²) in [5.41, 5.74) is 0.937. The Hall–Kier alpha value is -2.41. The van der Waals surface area contributed by atoms with Crippen LogP contribution in [-0.2, 0) is 9.47 Å². The van der Waals surface area contributed by atoms with Crippen LogP contribution in [0.5, 0.6) is 0 Å². The lowest BCUT2D eigenvalue weighted by Crippen LogP contribution is -2.36. The van der Waals surface area contributed by atoms with Gasteiger partial charge < -0.3 is 18.9 Å². The molecule has 6 nitrogen and oxygen atoms in total. The van der Waals surface area contributed by atoms with E-state index >= 15 is 0 Å². The Labute approximate surface area is 126 Å². The average molecular weight is 306 g/mol. The number of carbonyl (C=O) groups is 1. The molecule has 0 aliphatic carbocycles. The van der Waals surface area contributed by atoms with Crippen molar-refractivity contribution in [3.8, 4) is 11.3 Å². The van der Waals surface area contributed by atoms with E-state index in [1.165, 1.54) is 19.2 Å². The zero-order valence-electron chi connectivity index (χ0n) is 12.0. The van der Waals surface area contributed by atoms with Crippen LogP contribution in [0.1, 0.15) is 10.4 Å². The number of carbonyl (C=O) groups excluding carboxylic acids is 1. The lowest BCUT2D eigenvalue weighted by atomic mass is 10.1. The monoisotopic (exact) mass is 306 g/mol. The molecule has 0 spiro atoms. The van der Waals surface area contributed by atoms with Crippen LogP contribution in [-0.4, -0.2) is 44.5 Å². The Morgan fingerprint density at radius 1 is 1.36 bits per heavy atom. The molecule has 22 heavy (non-hydrogen) atoms. The quantitative estimate of drug-likeness (QED) is 0.809. The number of halogens is 1. The van der Waals surface area contributed by atoms with Gasteiger partial charge in [0.25, 0.3) is 0 Å². The Balaban J connectivity index is 2.07. The molecule has 0 unspecified atom stereocenters. The Bertz CT molecular complexity index is 680. The van der Waals surface area contributed by atoms with E-state index in [4.69, 9.17) is 14.0 Å². The van der Waals surface area contributed by atoms with Gasteiger partial charge in [0.1, 0.15) is 11.5 Å². The number of anilines is 1. The maximum Gasteiger partial charge on any atom is 0.345 e. The molecule has 0 radical (unpaired) electrons. The normalized spacial score (nSPS) is 14.9. The van der Waals surface area contributed by atoms with Gasteiger partial charge in [-0.05, 0) is 12.1 Å². The van der Waals surface area contributed by atoms with Crippen molar-refractivity contribution in [2.75, 3.05) is 38.3 Å². The van der Waals surface area contributed by atoms with Crippen LogP contribution in [0.4, 0.5) is 10.3 Å². The van der Waals surface area contributed by atoms with E-state index in [9.17, 15) is 9.18 Å². The van der Waals surface area contributed by atoms with Gasteiger partial charge in [0.05, 0.1) is 20.3 Å². The minimum Gasteiger partial charge on any atom is -0.465 e. The zero-order valence-corrected chi connectivity index (χ0v) is 12.0. The minimum absolute atomic E-state index is 0.204. The maximum atomic E-state index is 13.4. The van der Waals surface area contributed by atoms with E-state index in [0.29, 0.717) is 37.8 Å². The summed E-state index contributed by atoms with van der Waals surface area (Å²) >= 11 is 0. The summed E-state index contributed by atoms with van der Waals surface area (Å²) in [4.78, 5) is 14.0. The summed E-state index contributed by atoms with van der Waals surface area (Å²) in [6.07, 6.45) is 0. The first kappa shape index (κ1) is 14.5. The van der Waals surface area contributed by atoms with Crippen molar-refractivity contribution in [1.29, 1.82) is 0 Å². The predicted molar refractivity (Wildman–Crippen MR) is 76.3 cm³/mol. The van der Waals surface area contributed by atoms with Gasteiger partial charge in [-0.25, -0.2) is 9.18 Å². The third kappa shape index (κ3) is 2.67. The van der Waals surface area contributed by atoms with Crippen LogP contribution in [0.25, 0.3) is 11.3 Å². The fraction of sp³-hybridized carbons (Fsp3) is 0.333. The van der Waals surface area contributed by atoms with E-state index < -0.39 is 11.8 Å². The van der Waals surface area contributed by atoms with Crippen molar-refractivity contribution in [3.63, 3.8) is 0 Å². The summed E-state index contributed by atoms with van der Waals surface area (Å²) in [5.74, 6) is -0.652. The van der Waals surface area contributed by atoms with Crippen molar-refractivity contribution in [1.82, 2.24) is 5.16 Å². The highest BCUT2D eigenvalue weighted by molar-refractivity contribution is 6.00. The molecule has 1 aliphatic heterocycles. The molecule has 0 N–H and O–H groups in total. The zero-order chi connectivity index (χ0) is 15.5. The van der Waals surface area contributed by atoms with Gasteiger partial charge in [0.2, 0.25) is 5.88 Å². The number of methoxy groups -OCH3 is 1. The van der Waals surface area contributed by atoms with E-state index in [0.717, 1.165) is 0 Å². The molecule has 3 rings (SSSR count). The highest BCUT2D eigenvalue weighted by Gasteiger charge is 2.29. The lowest BCUT2D eigenvalue weighted by molar-refractivity contribution is 0.0600. The van der Waals surface area contributed by atoms with Crippen LogP contribution in [0, 0.1) is 5.82 Å². The molecule has 1 aromatic heterocycles. The highest BCUT2D eigenvalue weighted by atomic mass is 19.1. The first-order valence-corrected chi connectivity index (χ1v) is 6.87. The SMILES string of the molecule is COC(=O)c1c(-c2cccc(F)c2)noc1N1CCOCC1. The van der Waals surface area contributed by atoms with Crippen molar-refractivity contribution < 1.29 is 23.2 Å². The standard InChI is InChI=1S/C15H15FN2O4/c1-20-15(19)12-13(10-3-2-4-11(16)9-10)17-22-14(12)18-5-7-21-8-6-18/h2-4,9H,5-8H2,1H3. The molecule has 2 aromatic rings. The number of rotatable bonds is 3. The topological polar surface area (TPSA) is 64.8 Å². The first-order valence-electron chi connectivity index (χ1n) is 6.87. The van der Waals surface area contributed by atoms with Crippen LogP contribution >= 0.6 is 0 Å². The third-order valence-corrected chi connectivity index (χ3v) is 3.46. The second kappa shape index (κ2) is 6.15. The van der Waals surface area contributed by atoms with Gasteiger partial charge in [-0.15, -0.1) is 0 Å². The molecule has 7 heteroatoms. The molecular formula is C15H15FN2O4. The number of esters is 1. The minimum atomic E-state index is -0.568.